The van der Waals surface area contributed by atoms with E-state index in [1.807, 2.05) is 43.0 Å². The van der Waals surface area contributed by atoms with Crippen molar-refractivity contribution in [3.8, 4) is 0 Å². The van der Waals surface area contributed by atoms with E-state index in [4.69, 9.17) is 0 Å². The van der Waals surface area contributed by atoms with Gasteiger partial charge < -0.3 is 15.4 Å². The van der Waals surface area contributed by atoms with Gasteiger partial charge in [0.1, 0.15) is 10.7 Å². The van der Waals surface area contributed by atoms with Gasteiger partial charge in [0.15, 0.2) is 12.0 Å². The Kier molecular flexibility index (Phi) is 6.77. The summed E-state index contributed by atoms with van der Waals surface area (Å²) in [7, 11) is 0. The van der Waals surface area contributed by atoms with Crippen LogP contribution in [-0.2, 0) is 0 Å². The summed E-state index contributed by atoms with van der Waals surface area (Å²) in [6, 6.07) is 10.8. The lowest BCUT2D eigenvalue weighted by Crippen LogP contribution is -2.44. The normalized spacial score (nSPS) is 14.4. The first kappa shape index (κ1) is 22.3. The molecule has 4 rings (SSSR count). The van der Waals surface area contributed by atoms with E-state index in [0.717, 1.165) is 24.2 Å². The molecule has 7 heteroatoms. The van der Waals surface area contributed by atoms with Crippen molar-refractivity contribution in [2.45, 2.75) is 18.7 Å². The Morgan fingerprint density at radius 2 is 1.97 bits per heavy atom. The zero-order valence-corrected chi connectivity index (χ0v) is 19.0. The van der Waals surface area contributed by atoms with E-state index in [-0.39, 0.29) is 17.2 Å². The van der Waals surface area contributed by atoms with Crippen LogP contribution in [0.3, 0.4) is 0 Å². The quantitative estimate of drug-likeness (QED) is 0.199. The van der Waals surface area contributed by atoms with Crippen molar-refractivity contribution in [3.63, 3.8) is 0 Å². The summed E-state index contributed by atoms with van der Waals surface area (Å²) in [6.45, 7) is 6.87. The van der Waals surface area contributed by atoms with Crippen LogP contribution in [0.1, 0.15) is 28.4 Å². The maximum atomic E-state index is 15.3. The SMILES string of the molecule is CCSc1c(N2CCNCC2)c(F)cc2cc(C(=O)C=Cc3ccc(C)cc3)c[n+]([O-])c12. The summed E-state index contributed by atoms with van der Waals surface area (Å²) in [5, 5.41) is 16.7. The molecule has 2 aromatic carbocycles. The molecule has 2 heterocycles. The maximum Gasteiger partial charge on any atom is 0.239 e. The number of pyridine rings is 1. The third-order valence-electron chi connectivity index (χ3n) is 5.51. The number of halogens is 1. The molecule has 166 valence electrons. The first-order valence-electron chi connectivity index (χ1n) is 10.7. The van der Waals surface area contributed by atoms with Crippen molar-refractivity contribution >= 4 is 40.2 Å². The molecule has 0 bridgehead atoms. The van der Waals surface area contributed by atoms with Gasteiger partial charge in [-0.25, -0.2) is 4.39 Å². The molecule has 32 heavy (non-hydrogen) atoms. The second-order valence-corrected chi connectivity index (χ2v) is 9.08. The van der Waals surface area contributed by atoms with Gasteiger partial charge in [0.2, 0.25) is 5.52 Å². The lowest BCUT2D eigenvalue weighted by atomic mass is 10.1. The van der Waals surface area contributed by atoms with Gasteiger partial charge in [0.05, 0.1) is 16.6 Å². The monoisotopic (exact) mass is 451 g/mol. The van der Waals surface area contributed by atoms with Crippen LogP contribution in [0.5, 0.6) is 0 Å². The first-order chi connectivity index (χ1) is 15.5. The largest absolute Gasteiger partial charge is 0.618 e. The van der Waals surface area contributed by atoms with Crippen LogP contribution in [0.25, 0.3) is 17.0 Å². The molecule has 1 aliphatic heterocycles. The number of nitrogens with one attached hydrogen (secondary N) is 1. The fraction of sp³-hybridized carbons (Fsp3) is 0.280. The van der Waals surface area contributed by atoms with Crippen molar-refractivity contribution in [1.82, 2.24) is 5.32 Å². The Balaban J connectivity index is 1.74. The minimum Gasteiger partial charge on any atom is -0.618 e. The zero-order valence-electron chi connectivity index (χ0n) is 18.2. The summed E-state index contributed by atoms with van der Waals surface area (Å²) in [6.07, 6.45) is 4.45. The first-order valence-corrected chi connectivity index (χ1v) is 11.7. The van der Waals surface area contributed by atoms with Crippen LogP contribution in [0.2, 0.25) is 0 Å². The Morgan fingerprint density at radius 3 is 2.66 bits per heavy atom. The van der Waals surface area contributed by atoms with Gasteiger partial charge in [-0.15, -0.1) is 11.8 Å². The number of allylic oxidation sites excluding steroid dienone is 1. The number of hydrogen-bond acceptors (Lipinski definition) is 5. The van der Waals surface area contributed by atoms with E-state index in [9.17, 15) is 10.0 Å². The Morgan fingerprint density at radius 1 is 1.25 bits per heavy atom. The molecule has 0 saturated carbocycles. The molecule has 0 unspecified atom stereocenters. The number of fused-ring (bicyclic) bond motifs is 1. The molecule has 0 spiro atoms. The van der Waals surface area contributed by atoms with Crippen LogP contribution in [0.15, 0.2) is 53.6 Å². The number of anilines is 1. The highest BCUT2D eigenvalue weighted by molar-refractivity contribution is 7.99. The second kappa shape index (κ2) is 9.71. The van der Waals surface area contributed by atoms with Crippen LogP contribution in [0, 0.1) is 17.9 Å². The summed E-state index contributed by atoms with van der Waals surface area (Å²) in [4.78, 5) is 15.4. The third-order valence-corrected chi connectivity index (χ3v) is 6.47. The van der Waals surface area contributed by atoms with Crippen molar-refractivity contribution in [2.75, 3.05) is 36.8 Å². The Bertz CT molecular complexity index is 1170. The van der Waals surface area contributed by atoms with Crippen molar-refractivity contribution in [2.24, 2.45) is 0 Å². The molecular formula is C25H26FN3O2S. The summed E-state index contributed by atoms with van der Waals surface area (Å²) < 4.78 is 16.0. The number of aryl methyl sites for hydroxylation is 1. The van der Waals surface area contributed by atoms with Crippen LogP contribution in [0.4, 0.5) is 10.1 Å². The topological polar surface area (TPSA) is 59.3 Å². The van der Waals surface area contributed by atoms with E-state index in [2.05, 4.69) is 5.32 Å². The molecule has 1 aromatic heterocycles. The number of hydrogen-bond donors (Lipinski definition) is 1. The number of carbonyl (C=O) groups excluding carboxylic acids is 1. The highest BCUT2D eigenvalue weighted by Crippen LogP contribution is 2.38. The van der Waals surface area contributed by atoms with Gasteiger partial charge in [-0.2, -0.15) is 4.73 Å². The van der Waals surface area contributed by atoms with Crippen molar-refractivity contribution < 1.29 is 13.9 Å². The second-order valence-electron chi connectivity index (χ2n) is 7.81. The molecule has 0 atom stereocenters. The Labute approximate surface area is 191 Å². The fourth-order valence-corrected chi connectivity index (χ4v) is 4.90. The number of piperazine rings is 1. The molecule has 0 amide bonds. The number of carbonyl (C=O) groups is 1. The van der Waals surface area contributed by atoms with Crippen LogP contribution in [-0.4, -0.2) is 37.7 Å². The molecule has 5 nitrogen and oxygen atoms in total. The average Bonchev–Trinajstić information content (AvgIpc) is 2.79. The van der Waals surface area contributed by atoms with Gasteiger partial charge in [-0.1, -0.05) is 42.8 Å². The smallest absolute Gasteiger partial charge is 0.239 e. The number of thioether (sulfide) groups is 1. The summed E-state index contributed by atoms with van der Waals surface area (Å²) in [5.41, 5.74) is 3.16. The lowest BCUT2D eigenvalue weighted by molar-refractivity contribution is -0.578. The zero-order chi connectivity index (χ0) is 22.7. The number of rotatable bonds is 6. The summed E-state index contributed by atoms with van der Waals surface area (Å²) >= 11 is 1.45. The fourth-order valence-electron chi connectivity index (χ4n) is 3.90. The molecule has 0 radical (unpaired) electrons. The lowest BCUT2D eigenvalue weighted by Gasteiger charge is -2.31. The molecular weight excluding hydrogens is 425 g/mol. The summed E-state index contributed by atoms with van der Waals surface area (Å²) in [5.74, 6) is 0.0425. The minimum atomic E-state index is -0.366. The van der Waals surface area contributed by atoms with Gasteiger partial charge in [0.25, 0.3) is 0 Å². The van der Waals surface area contributed by atoms with Gasteiger partial charge >= 0.3 is 0 Å². The highest BCUT2D eigenvalue weighted by atomic mass is 32.2. The van der Waals surface area contributed by atoms with Crippen LogP contribution >= 0.6 is 11.8 Å². The van der Waals surface area contributed by atoms with E-state index in [0.29, 0.717) is 45.1 Å². The predicted octanol–water partition coefficient (Wildman–Crippen LogP) is 4.34. The number of benzene rings is 2. The number of nitrogens with zero attached hydrogens (tertiary/aromatic N) is 2. The molecule has 1 saturated heterocycles. The standard InChI is InChI=1S/C25H26FN3O2S/c1-3-32-25-23-19(15-21(26)24(25)28-12-10-27-11-13-28)14-20(16-29(23)31)22(30)9-8-18-6-4-17(2)5-7-18/h4-9,14-16,27H,3,10-13H2,1-2H3. The van der Waals surface area contributed by atoms with Gasteiger partial charge in [-0.05, 0) is 36.4 Å². The van der Waals surface area contributed by atoms with Crippen molar-refractivity contribution in [1.29, 1.82) is 0 Å². The maximum absolute atomic E-state index is 15.3. The molecule has 3 aromatic rings. The molecule has 0 aliphatic carbocycles. The van der Waals surface area contributed by atoms with E-state index >= 15 is 4.39 Å². The predicted molar refractivity (Wildman–Crippen MR) is 129 cm³/mol. The van der Waals surface area contributed by atoms with E-state index in [1.165, 1.54) is 30.1 Å². The molecule has 1 aliphatic rings. The minimum absolute atomic E-state index is 0.234. The average molecular weight is 452 g/mol. The Hall–Kier alpha value is -2.90. The molecule has 1 fully saturated rings. The highest BCUT2D eigenvalue weighted by Gasteiger charge is 2.26. The number of aromatic nitrogens is 1. The molecule has 1 N–H and O–H groups in total. The van der Waals surface area contributed by atoms with E-state index < -0.39 is 0 Å². The van der Waals surface area contributed by atoms with Crippen LogP contribution < -0.4 is 14.9 Å². The van der Waals surface area contributed by atoms with Gasteiger partial charge in [0, 0.05) is 26.2 Å². The van der Waals surface area contributed by atoms with Crippen molar-refractivity contribution in [3.05, 3.63) is 76.4 Å². The number of ketones is 1. The van der Waals surface area contributed by atoms with E-state index in [1.54, 1.807) is 12.1 Å². The van der Waals surface area contributed by atoms with Gasteiger partial charge in [-0.3, -0.25) is 4.79 Å². The third kappa shape index (κ3) is 4.64.